The molecule has 16 heavy (non-hydrogen) atoms. The number of rotatable bonds is 1. The number of carbonyl (C=O) groups excluding carboxylic acids is 1. The quantitative estimate of drug-likeness (QED) is 0.602. The normalized spacial score (nSPS) is 30.6. The van der Waals surface area contributed by atoms with Crippen LogP contribution < -0.4 is 0 Å². The van der Waals surface area contributed by atoms with Crippen LogP contribution in [0.2, 0.25) is 0 Å². The predicted molar refractivity (Wildman–Crippen MR) is 69.3 cm³/mol. The lowest BCUT2D eigenvalue weighted by Crippen LogP contribution is -2.19. The minimum absolute atomic E-state index is 0.205. The summed E-state index contributed by atoms with van der Waals surface area (Å²) in [5.41, 5.74) is 2.66. The largest absolute Gasteiger partial charge is 0.295 e. The summed E-state index contributed by atoms with van der Waals surface area (Å²) in [6.45, 7) is 8.55. The molecule has 0 saturated heterocycles. The van der Waals surface area contributed by atoms with E-state index in [9.17, 15) is 4.79 Å². The van der Waals surface area contributed by atoms with Gasteiger partial charge in [-0.1, -0.05) is 31.1 Å². The van der Waals surface area contributed by atoms with Crippen LogP contribution in [0.1, 0.15) is 53.4 Å². The molecule has 0 fully saturated rings. The molecule has 0 heterocycles. The highest BCUT2D eigenvalue weighted by Crippen LogP contribution is 2.24. The zero-order valence-corrected chi connectivity index (χ0v) is 11.0. The lowest BCUT2D eigenvalue weighted by molar-refractivity contribution is -0.119. The van der Waals surface area contributed by atoms with E-state index >= 15 is 0 Å². The van der Waals surface area contributed by atoms with E-state index in [1.54, 1.807) is 0 Å². The monoisotopic (exact) mass is 220 g/mol. The van der Waals surface area contributed by atoms with Crippen LogP contribution >= 0.6 is 0 Å². The van der Waals surface area contributed by atoms with E-state index in [0.717, 1.165) is 25.7 Å². The van der Waals surface area contributed by atoms with Crippen molar-refractivity contribution in [1.82, 2.24) is 0 Å². The average molecular weight is 220 g/mol. The molecule has 90 valence electrons. The standard InChI is InChI=1S/C15H24O/c1-11(2)14-9-8-12(3)6-5-7-13(4)10-15(14)16/h6,10-11,14H,5,7-9H2,1-4H3/b12-6-,13-10-. The van der Waals surface area contributed by atoms with Gasteiger partial charge in [0, 0.05) is 5.92 Å². The van der Waals surface area contributed by atoms with Crippen molar-refractivity contribution in [3.8, 4) is 0 Å². The first-order valence-corrected chi connectivity index (χ1v) is 6.37. The Morgan fingerprint density at radius 2 is 1.88 bits per heavy atom. The van der Waals surface area contributed by atoms with Gasteiger partial charge in [0.05, 0.1) is 0 Å². The van der Waals surface area contributed by atoms with Gasteiger partial charge in [-0.25, -0.2) is 0 Å². The maximum absolute atomic E-state index is 12.1. The van der Waals surface area contributed by atoms with E-state index < -0.39 is 0 Å². The summed E-state index contributed by atoms with van der Waals surface area (Å²) in [5, 5.41) is 0. The smallest absolute Gasteiger partial charge is 0.158 e. The molecule has 1 rings (SSSR count). The first kappa shape index (κ1) is 13.2. The number of allylic oxidation sites excluding steroid dienone is 4. The van der Waals surface area contributed by atoms with E-state index in [4.69, 9.17) is 0 Å². The van der Waals surface area contributed by atoms with Crippen LogP contribution in [0.4, 0.5) is 0 Å². The third kappa shape index (κ3) is 3.96. The van der Waals surface area contributed by atoms with Crippen LogP contribution in [0.5, 0.6) is 0 Å². The maximum atomic E-state index is 12.1. The summed E-state index contributed by atoms with van der Waals surface area (Å²) in [7, 11) is 0. The van der Waals surface area contributed by atoms with Crippen molar-refractivity contribution in [1.29, 1.82) is 0 Å². The first-order valence-electron chi connectivity index (χ1n) is 6.37. The first-order chi connectivity index (χ1) is 7.50. The number of hydrogen-bond donors (Lipinski definition) is 0. The van der Waals surface area contributed by atoms with E-state index in [1.165, 1.54) is 11.1 Å². The molecule has 0 saturated carbocycles. The Bertz CT molecular complexity index is 307. The minimum Gasteiger partial charge on any atom is -0.295 e. The second-order valence-electron chi connectivity index (χ2n) is 5.37. The Hall–Kier alpha value is -0.850. The molecule has 0 N–H and O–H groups in total. The van der Waals surface area contributed by atoms with Gasteiger partial charge in [-0.2, -0.15) is 0 Å². The van der Waals surface area contributed by atoms with Crippen LogP contribution in [0.25, 0.3) is 0 Å². The van der Waals surface area contributed by atoms with Crippen LogP contribution in [-0.2, 0) is 4.79 Å². The van der Waals surface area contributed by atoms with Crippen molar-refractivity contribution >= 4 is 5.78 Å². The Morgan fingerprint density at radius 3 is 2.50 bits per heavy atom. The zero-order valence-electron chi connectivity index (χ0n) is 11.0. The van der Waals surface area contributed by atoms with E-state index in [0.29, 0.717) is 11.7 Å². The molecule has 0 spiro atoms. The fraction of sp³-hybridized carbons (Fsp3) is 0.667. The zero-order chi connectivity index (χ0) is 12.1. The van der Waals surface area contributed by atoms with Gasteiger partial charge >= 0.3 is 0 Å². The van der Waals surface area contributed by atoms with Crippen LogP contribution in [0.3, 0.4) is 0 Å². The van der Waals surface area contributed by atoms with E-state index in [-0.39, 0.29) is 5.92 Å². The van der Waals surface area contributed by atoms with Crippen molar-refractivity contribution < 1.29 is 4.79 Å². The average Bonchev–Trinajstić information content (AvgIpc) is 2.16. The van der Waals surface area contributed by atoms with Gasteiger partial charge in [0.15, 0.2) is 5.78 Å². The van der Waals surface area contributed by atoms with Gasteiger partial charge in [-0.3, -0.25) is 4.79 Å². The lowest BCUT2D eigenvalue weighted by Gasteiger charge is -2.19. The molecule has 0 aromatic carbocycles. The minimum atomic E-state index is 0.205. The van der Waals surface area contributed by atoms with Crippen molar-refractivity contribution in [2.75, 3.05) is 0 Å². The molecule has 1 heteroatoms. The molecular formula is C15H24O. The molecule has 0 bridgehead atoms. The fourth-order valence-electron chi connectivity index (χ4n) is 2.26. The van der Waals surface area contributed by atoms with Gasteiger partial charge in [0.25, 0.3) is 0 Å². The lowest BCUT2D eigenvalue weighted by atomic mass is 9.84. The van der Waals surface area contributed by atoms with Crippen molar-refractivity contribution in [2.24, 2.45) is 11.8 Å². The fourth-order valence-corrected chi connectivity index (χ4v) is 2.26. The van der Waals surface area contributed by atoms with Crippen molar-refractivity contribution in [2.45, 2.75) is 53.4 Å². The van der Waals surface area contributed by atoms with Gasteiger partial charge in [-0.15, -0.1) is 0 Å². The summed E-state index contributed by atoms with van der Waals surface area (Å²) in [6, 6.07) is 0. The molecule has 1 unspecified atom stereocenters. The number of carbonyl (C=O) groups is 1. The summed E-state index contributed by atoms with van der Waals surface area (Å²) in [6.07, 6.45) is 8.37. The molecule has 1 aliphatic carbocycles. The Kier molecular flexibility index (Phi) is 4.98. The van der Waals surface area contributed by atoms with Crippen molar-refractivity contribution in [3.63, 3.8) is 0 Å². The Labute approximate surface area is 99.6 Å². The molecule has 1 atom stereocenters. The van der Waals surface area contributed by atoms with Gasteiger partial charge in [0.2, 0.25) is 0 Å². The highest BCUT2D eigenvalue weighted by molar-refractivity contribution is 5.92. The maximum Gasteiger partial charge on any atom is 0.158 e. The van der Waals surface area contributed by atoms with Crippen LogP contribution in [0, 0.1) is 11.8 Å². The second kappa shape index (κ2) is 6.03. The summed E-state index contributed by atoms with van der Waals surface area (Å²) in [4.78, 5) is 12.1. The Morgan fingerprint density at radius 1 is 1.19 bits per heavy atom. The Balaban J connectivity index is 2.85. The molecule has 0 radical (unpaired) electrons. The van der Waals surface area contributed by atoms with E-state index in [1.807, 2.05) is 6.08 Å². The van der Waals surface area contributed by atoms with Gasteiger partial charge in [0.1, 0.15) is 0 Å². The van der Waals surface area contributed by atoms with Gasteiger partial charge < -0.3 is 0 Å². The summed E-state index contributed by atoms with van der Waals surface area (Å²) in [5.74, 6) is 0.988. The third-order valence-electron chi connectivity index (χ3n) is 3.44. The summed E-state index contributed by atoms with van der Waals surface area (Å²) >= 11 is 0. The molecule has 0 aliphatic heterocycles. The topological polar surface area (TPSA) is 17.1 Å². The van der Waals surface area contributed by atoms with Crippen LogP contribution in [-0.4, -0.2) is 5.78 Å². The van der Waals surface area contributed by atoms with E-state index in [2.05, 4.69) is 33.8 Å². The second-order valence-corrected chi connectivity index (χ2v) is 5.37. The SMILES string of the molecule is C/C1=C/C(=O)C(C(C)C)CC/C(C)=C\CC1. The predicted octanol–water partition coefficient (Wildman–Crippen LogP) is 4.29. The summed E-state index contributed by atoms with van der Waals surface area (Å²) < 4.78 is 0. The highest BCUT2D eigenvalue weighted by Gasteiger charge is 2.20. The molecule has 1 nitrogen and oxygen atoms in total. The highest BCUT2D eigenvalue weighted by atomic mass is 16.1. The van der Waals surface area contributed by atoms with Gasteiger partial charge in [-0.05, 0) is 51.5 Å². The van der Waals surface area contributed by atoms with Crippen molar-refractivity contribution in [3.05, 3.63) is 23.3 Å². The third-order valence-corrected chi connectivity index (χ3v) is 3.44. The molecule has 0 aromatic rings. The number of ketones is 1. The molecular weight excluding hydrogens is 196 g/mol. The van der Waals surface area contributed by atoms with Crippen LogP contribution in [0.15, 0.2) is 23.3 Å². The molecule has 0 amide bonds. The number of hydrogen-bond acceptors (Lipinski definition) is 1. The molecule has 1 aliphatic rings. The molecule has 0 aromatic heterocycles.